The molecule has 28 heavy (non-hydrogen) atoms. The Morgan fingerprint density at radius 2 is 1.89 bits per heavy atom. The average molecular weight is 383 g/mol. The molecule has 5 heteroatoms. The number of methoxy groups -OCH3 is 1. The summed E-state index contributed by atoms with van der Waals surface area (Å²) in [6.07, 6.45) is 5.23. The summed E-state index contributed by atoms with van der Waals surface area (Å²) in [5, 5.41) is 0. The van der Waals surface area contributed by atoms with Crippen LogP contribution in [0.3, 0.4) is 0 Å². The second kappa shape index (κ2) is 8.21. The number of benzene rings is 2. The summed E-state index contributed by atoms with van der Waals surface area (Å²) < 4.78 is 25.6. The standard InChI is InChI=1S/C23H26FNO3/c1-27-21-11-10-16(12-22(21)28-19-7-3-4-8-19)18-13-23(26)25(15-18)14-17-6-2-5-9-20(17)24/h2,5-6,9-12,18-19H,3-4,7-8,13-15H2,1H3/t18-/m1/s1. The summed E-state index contributed by atoms with van der Waals surface area (Å²) in [5.41, 5.74) is 1.62. The van der Waals surface area contributed by atoms with Crippen LogP contribution in [0.2, 0.25) is 0 Å². The Balaban J connectivity index is 1.49. The van der Waals surface area contributed by atoms with Crippen molar-refractivity contribution in [2.45, 2.75) is 50.7 Å². The zero-order chi connectivity index (χ0) is 19.5. The Hall–Kier alpha value is -2.56. The summed E-state index contributed by atoms with van der Waals surface area (Å²) in [7, 11) is 1.64. The summed E-state index contributed by atoms with van der Waals surface area (Å²) >= 11 is 0. The van der Waals surface area contributed by atoms with Crippen LogP contribution < -0.4 is 9.47 Å². The van der Waals surface area contributed by atoms with Gasteiger partial charge in [-0.1, -0.05) is 24.3 Å². The molecule has 1 amide bonds. The van der Waals surface area contributed by atoms with E-state index in [1.807, 2.05) is 18.2 Å². The molecule has 1 saturated carbocycles. The third-order valence-electron chi connectivity index (χ3n) is 5.79. The Labute approximate surface area is 165 Å². The highest BCUT2D eigenvalue weighted by molar-refractivity contribution is 5.79. The van der Waals surface area contributed by atoms with Crippen molar-refractivity contribution in [1.29, 1.82) is 0 Å². The maximum absolute atomic E-state index is 14.0. The van der Waals surface area contributed by atoms with Crippen molar-refractivity contribution in [3.8, 4) is 11.5 Å². The van der Waals surface area contributed by atoms with Crippen molar-refractivity contribution in [2.24, 2.45) is 0 Å². The maximum atomic E-state index is 14.0. The smallest absolute Gasteiger partial charge is 0.223 e. The molecule has 4 rings (SSSR count). The van der Waals surface area contributed by atoms with Gasteiger partial charge in [0.15, 0.2) is 11.5 Å². The Kier molecular flexibility index (Phi) is 5.51. The van der Waals surface area contributed by atoms with E-state index in [1.54, 1.807) is 30.2 Å². The van der Waals surface area contributed by atoms with Crippen LogP contribution in [0.1, 0.15) is 49.1 Å². The highest BCUT2D eigenvalue weighted by Gasteiger charge is 2.31. The van der Waals surface area contributed by atoms with Crippen LogP contribution in [0.4, 0.5) is 4.39 Å². The van der Waals surface area contributed by atoms with E-state index in [0.717, 1.165) is 29.9 Å². The lowest BCUT2D eigenvalue weighted by atomic mass is 9.98. The SMILES string of the molecule is COc1ccc([C@@H]2CC(=O)N(Cc3ccccc3F)C2)cc1OC1CCCC1. The lowest BCUT2D eigenvalue weighted by Gasteiger charge is -2.19. The van der Waals surface area contributed by atoms with Crippen LogP contribution in [0.25, 0.3) is 0 Å². The molecule has 148 valence electrons. The average Bonchev–Trinajstić information content (AvgIpc) is 3.34. The van der Waals surface area contributed by atoms with E-state index >= 15 is 0 Å². The van der Waals surface area contributed by atoms with E-state index in [4.69, 9.17) is 9.47 Å². The van der Waals surface area contributed by atoms with Crippen molar-refractivity contribution in [1.82, 2.24) is 4.90 Å². The van der Waals surface area contributed by atoms with E-state index in [-0.39, 0.29) is 23.7 Å². The van der Waals surface area contributed by atoms with Gasteiger partial charge in [-0.05, 0) is 49.4 Å². The number of nitrogens with zero attached hydrogens (tertiary/aromatic N) is 1. The minimum Gasteiger partial charge on any atom is -0.493 e. The van der Waals surface area contributed by atoms with Gasteiger partial charge in [0.05, 0.1) is 13.2 Å². The van der Waals surface area contributed by atoms with E-state index in [9.17, 15) is 9.18 Å². The zero-order valence-electron chi connectivity index (χ0n) is 16.2. The number of hydrogen-bond donors (Lipinski definition) is 0. The lowest BCUT2D eigenvalue weighted by Crippen LogP contribution is -2.24. The molecule has 0 radical (unpaired) electrons. The number of halogens is 1. The summed E-state index contributed by atoms with van der Waals surface area (Å²) in [5.74, 6) is 1.35. The molecule has 2 aromatic carbocycles. The molecule has 1 saturated heterocycles. The monoisotopic (exact) mass is 383 g/mol. The molecular weight excluding hydrogens is 357 g/mol. The molecule has 1 atom stereocenters. The van der Waals surface area contributed by atoms with Gasteiger partial charge in [0, 0.05) is 31.0 Å². The van der Waals surface area contributed by atoms with Gasteiger partial charge in [-0.15, -0.1) is 0 Å². The molecule has 0 aromatic heterocycles. The molecule has 0 bridgehead atoms. The third-order valence-corrected chi connectivity index (χ3v) is 5.79. The highest BCUT2D eigenvalue weighted by Crippen LogP contribution is 2.37. The molecule has 0 unspecified atom stereocenters. The maximum Gasteiger partial charge on any atom is 0.223 e. The quantitative estimate of drug-likeness (QED) is 0.728. The lowest BCUT2D eigenvalue weighted by molar-refractivity contribution is -0.128. The fraction of sp³-hybridized carbons (Fsp3) is 0.435. The van der Waals surface area contributed by atoms with Crippen LogP contribution in [-0.2, 0) is 11.3 Å². The number of amides is 1. The molecule has 0 N–H and O–H groups in total. The van der Waals surface area contributed by atoms with Crippen molar-refractivity contribution in [3.63, 3.8) is 0 Å². The fourth-order valence-electron chi connectivity index (χ4n) is 4.21. The second-order valence-electron chi connectivity index (χ2n) is 7.70. The fourth-order valence-corrected chi connectivity index (χ4v) is 4.21. The first-order valence-corrected chi connectivity index (χ1v) is 10.00. The number of rotatable bonds is 6. The van der Waals surface area contributed by atoms with E-state index < -0.39 is 0 Å². The number of ether oxygens (including phenoxy) is 2. The topological polar surface area (TPSA) is 38.8 Å². The number of hydrogen-bond acceptors (Lipinski definition) is 3. The van der Waals surface area contributed by atoms with Gasteiger partial charge in [-0.3, -0.25) is 4.79 Å². The van der Waals surface area contributed by atoms with Crippen molar-refractivity contribution in [3.05, 3.63) is 59.4 Å². The molecule has 1 aliphatic heterocycles. The first-order valence-electron chi connectivity index (χ1n) is 10.00. The van der Waals surface area contributed by atoms with Crippen molar-refractivity contribution in [2.75, 3.05) is 13.7 Å². The largest absolute Gasteiger partial charge is 0.493 e. The van der Waals surface area contributed by atoms with Crippen LogP contribution in [0.15, 0.2) is 42.5 Å². The van der Waals surface area contributed by atoms with Crippen molar-refractivity contribution >= 4 is 5.91 Å². The molecule has 1 aliphatic carbocycles. The summed E-state index contributed by atoms with van der Waals surface area (Å²) in [6.45, 7) is 0.895. The Morgan fingerprint density at radius 1 is 1.11 bits per heavy atom. The van der Waals surface area contributed by atoms with Crippen LogP contribution in [0, 0.1) is 5.82 Å². The number of likely N-dealkylation sites (tertiary alicyclic amines) is 1. The second-order valence-corrected chi connectivity index (χ2v) is 7.70. The third kappa shape index (κ3) is 3.98. The molecule has 4 nitrogen and oxygen atoms in total. The van der Waals surface area contributed by atoms with E-state index in [2.05, 4.69) is 0 Å². The van der Waals surface area contributed by atoms with Crippen molar-refractivity contribution < 1.29 is 18.7 Å². The Bertz CT molecular complexity index is 847. The zero-order valence-corrected chi connectivity index (χ0v) is 16.2. The van der Waals surface area contributed by atoms with Gasteiger partial charge >= 0.3 is 0 Å². The molecule has 2 aromatic rings. The Morgan fingerprint density at radius 3 is 2.64 bits per heavy atom. The van der Waals surface area contributed by atoms with E-state index in [0.29, 0.717) is 25.1 Å². The summed E-state index contributed by atoms with van der Waals surface area (Å²) in [6, 6.07) is 12.6. The minimum absolute atomic E-state index is 0.0577. The van der Waals surface area contributed by atoms with E-state index in [1.165, 1.54) is 18.9 Å². The van der Waals surface area contributed by atoms with Gasteiger partial charge in [0.2, 0.25) is 5.91 Å². The van der Waals surface area contributed by atoms with Gasteiger partial charge in [-0.25, -0.2) is 4.39 Å². The van der Waals surface area contributed by atoms with Crippen LogP contribution in [-0.4, -0.2) is 30.6 Å². The predicted molar refractivity (Wildman–Crippen MR) is 105 cm³/mol. The van der Waals surface area contributed by atoms with Crippen LogP contribution >= 0.6 is 0 Å². The molecule has 1 heterocycles. The number of carbonyl (C=O) groups is 1. The minimum atomic E-state index is -0.268. The van der Waals surface area contributed by atoms with Crippen LogP contribution in [0.5, 0.6) is 11.5 Å². The first-order chi connectivity index (χ1) is 13.6. The number of carbonyl (C=O) groups excluding carboxylic acids is 1. The molecule has 2 fully saturated rings. The summed E-state index contributed by atoms with van der Waals surface area (Å²) in [4.78, 5) is 14.2. The first kappa shape index (κ1) is 18.8. The molecule has 0 spiro atoms. The normalized spacial score (nSPS) is 20.0. The molecule has 2 aliphatic rings. The van der Waals surface area contributed by atoms with Gasteiger partial charge in [-0.2, -0.15) is 0 Å². The molecular formula is C23H26FNO3. The predicted octanol–water partition coefficient (Wildman–Crippen LogP) is 4.67. The highest BCUT2D eigenvalue weighted by atomic mass is 19.1. The van der Waals surface area contributed by atoms with Gasteiger partial charge in [0.1, 0.15) is 5.82 Å². The van der Waals surface area contributed by atoms with Gasteiger partial charge in [0.25, 0.3) is 0 Å². The van der Waals surface area contributed by atoms with Gasteiger partial charge < -0.3 is 14.4 Å².